The van der Waals surface area contributed by atoms with Gasteiger partial charge in [-0.05, 0) is 11.6 Å². The number of carbonyl (C=O) groups excluding carboxylic acids is 1. The van der Waals surface area contributed by atoms with Crippen molar-refractivity contribution in [3.8, 4) is 0 Å². The topological polar surface area (TPSA) is 45.6 Å². The lowest BCUT2D eigenvalue weighted by Gasteiger charge is -2.18. The van der Waals surface area contributed by atoms with Crippen LogP contribution >= 0.6 is 0 Å². The lowest BCUT2D eigenvalue weighted by atomic mass is 10.2. The second kappa shape index (κ2) is 5.75. The first-order valence-electron chi connectivity index (χ1n) is 5.58. The van der Waals surface area contributed by atoms with Gasteiger partial charge in [0.2, 0.25) is 6.08 Å². The summed E-state index contributed by atoms with van der Waals surface area (Å²) in [6.07, 6.45) is 3.16. The van der Waals surface area contributed by atoms with E-state index in [-0.39, 0.29) is 0 Å². The summed E-state index contributed by atoms with van der Waals surface area (Å²) < 4.78 is 0. The molecule has 0 amide bonds. The number of rotatable bonds is 4. The predicted octanol–water partition coefficient (Wildman–Crippen LogP) is 2.69. The zero-order valence-corrected chi connectivity index (χ0v) is 10.1. The molecule has 0 fully saturated rings. The predicted molar refractivity (Wildman–Crippen MR) is 70.6 cm³/mol. The molecule has 4 nitrogen and oxygen atoms in total. The minimum absolute atomic E-state index is 0.565. The molecule has 0 bridgehead atoms. The van der Waals surface area contributed by atoms with Gasteiger partial charge in [0.15, 0.2) is 0 Å². The molecule has 0 aliphatic rings. The molecule has 0 aliphatic heterocycles. The number of anilines is 1. The Morgan fingerprint density at radius 2 is 2.06 bits per heavy atom. The normalized spacial score (nSPS) is 9.61. The molecule has 0 radical (unpaired) electrons. The highest BCUT2D eigenvalue weighted by Gasteiger charge is 2.04. The molecule has 0 saturated carbocycles. The van der Waals surface area contributed by atoms with E-state index in [9.17, 15) is 4.79 Å². The maximum atomic E-state index is 10.2. The van der Waals surface area contributed by atoms with Crippen LogP contribution in [0.15, 0.2) is 53.7 Å². The maximum absolute atomic E-state index is 10.2. The molecule has 1 heterocycles. The molecule has 0 atom stereocenters. The SMILES string of the molecule is CN(Cc1ccccc1)c1cc(N=C=O)ccn1. The average Bonchev–Trinajstić information content (AvgIpc) is 2.40. The van der Waals surface area contributed by atoms with Crippen molar-refractivity contribution in [1.82, 2.24) is 4.98 Å². The number of benzene rings is 1. The standard InChI is InChI=1S/C14H13N3O/c1-17(10-12-5-3-2-4-6-12)14-9-13(16-11-18)7-8-15-14/h2-9H,10H2,1H3. The summed E-state index contributed by atoms with van der Waals surface area (Å²) >= 11 is 0. The number of hydrogen-bond acceptors (Lipinski definition) is 4. The first-order valence-corrected chi connectivity index (χ1v) is 5.58. The number of aromatic nitrogens is 1. The van der Waals surface area contributed by atoms with E-state index >= 15 is 0 Å². The first kappa shape index (κ1) is 12.0. The van der Waals surface area contributed by atoms with Crippen LogP contribution in [0, 0.1) is 0 Å². The highest BCUT2D eigenvalue weighted by molar-refractivity contribution is 5.54. The van der Waals surface area contributed by atoms with E-state index < -0.39 is 0 Å². The van der Waals surface area contributed by atoms with Crippen molar-refractivity contribution < 1.29 is 4.79 Å². The Bertz CT molecular complexity index is 562. The fourth-order valence-corrected chi connectivity index (χ4v) is 1.68. The summed E-state index contributed by atoms with van der Waals surface area (Å²) in [6.45, 7) is 0.752. The molecular formula is C14H13N3O. The van der Waals surface area contributed by atoms with Crippen molar-refractivity contribution in [2.75, 3.05) is 11.9 Å². The fraction of sp³-hybridized carbons (Fsp3) is 0.143. The minimum atomic E-state index is 0.565. The fourth-order valence-electron chi connectivity index (χ4n) is 1.68. The van der Waals surface area contributed by atoms with Crippen LogP contribution in [0.2, 0.25) is 0 Å². The molecule has 0 N–H and O–H groups in total. The van der Waals surface area contributed by atoms with Crippen LogP contribution in [0.5, 0.6) is 0 Å². The van der Waals surface area contributed by atoms with Gasteiger partial charge in [-0.25, -0.2) is 9.78 Å². The van der Waals surface area contributed by atoms with Gasteiger partial charge in [0.25, 0.3) is 0 Å². The highest BCUT2D eigenvalue weighted by Crippen LogP contribution is 2.18. The van der Waals surface area contributed by atoms with E-state index in [1.165, 1.54) is 11.6 Å². The van der Waals surface area contributed by atoms with Crippen LogP contribution in [-0.2, 0) is 11.3 Å². The van der Waals surface area contributed by atoms with E-state index in [2.05, 4.69) is 22.1 Å². The van der Waals surface area contributed by atoms with Crippen LogP contribution in [0.1, 0.15) is 5.56 Å². The number of nitrogens with zero attached hydrogens (tertiary/aromatic N) is 3. The zero-order chi connectivity index (χ0) is 12.8. The first-order chi connectivity index (χ1) is 8.79. The Balaban J connectivity index is 2.16. The third kappa shape index (κ3) is 3.03. The Morgan fingerprint density at radius 1 is 1.28 bits per heavy atom. The minimum Gasteiger partial charge on any atom is -0.355 e. The largest absolute Gasteiger partial charge is 0.355 e. The average molecular weight is 239 g/mol. The summed E-state index contributed by atoms with van der Waals surface area (Å²) in [5.74, 6) is 0.773. The van der Waals surface area contributed by atoms with E-state index in [4.69, 9.17) is 0 Å². The second-order valence-electron chi connectivity index (χ2n) is 3.92. The van der Waals surface area contributed by atoms with E-state index in [1.54, 1.807) is 18.3 Å². The lowest BCUT2D eigenvalue weighted by Crippen LogP contribution is -2.17. The Morgan fingerprint density at radius 3 is 2.78 bits per heavy atom. The summed E-state index contributed by atoms with van der Waals surface area (Å²) in [5.41, 5.74) is 1.76. The molecule has 90 valence electrons. The van der Waals surface area contributed by atoms with Crippen molar-refractivity contribution in [2.24, 2.45) is 4.99 Å². The number of pyridine rings is 1. The second-order valence-corrected chi connectivity index (χ2v) is 3.92. The number of isocyanates is 1. The molecule has 0 saturated heterocycles. The van der Waals surface area contributed by atoms with Gasteiger partial charge in [0.05, 0.1) is 5.69 Å². The van der Waals surface area contributed by atoms with E-state index in [1.807, 2.05) is 30.1 Å². The quantitative estimate of drug-likeness (QED) is 0.608. The van der Waals surface area contributed by atoms with Gasteiger partial charge in [-0.15, -0.1) is 0 Å². The summed E-state index contributed by atoms with van der Waals surface area (Å²) in [4.78, 5) is 20.1. The van der Waals surface area contributed by atoms with Crippen molar-refractivity contribution in [3.05, 3.63) is 54.2 Å². The highest BCUT2D eigenvalue weighted by atomic mass is 16.1. The van der Waals surface area contributed by atoms with E-state index in [0.717, 1.165) is 12.4 Å². The Hall–Kier alpha value is -2.45. The zero-order valence-electron chi connectivity index (χ0n) is 10.1. The van der Waals surface area contributed by atoms with E-state index in [0.29, 0.717) is 5.69 Å². The van der Waals surface area contributed by atoms with Crippen molar-refractivity contribution in [3.63, 3.8) is 0 Å². The molecule has 0 spiro atoms. The lowest BCUT2D eigenvalue weighted by molar-refractivity contribution is 0.565. The molecule has 18 heavy (non-hydrogen) atoms. The Kier molecular flexibility index (Phi) is 3.84. The summed E-state index contributed by atoms with van der Waals surface area (Å²) in [7, 11) is 1.95. The van der Waals surface area contributed by atoms with Crippen LogP contribution < -0.4 is 4.90 Å². The monoisotopic (exact) mass is 239 g/mol. The van der Waals surface area contributed by atoms with Crippen LogP contribution in [-0.4, -0.2) is 18.1 Å². The van der Waals surface area contributed by atoms with Gasteiger partial charge < -0.3 is 4.90 Å². The van der Waals surface area contributed by atoms with Gasteiger partial charge >= 0.3 is 0 Å². The molecule has 1 aromatic carbocycles. The van der Waals surface area contributed by atoms with Crippen molar-refractivity contribution >= 4 is 17.6 Å². The number of aliphatic imine (C=N–C) groups is 1. The molecular weight excluding hydrogens is 226 g/mol. The van der Waals surface area contributed by atoms with Gasteiger partial charge in [0.1, 0.15) is 5.82 Å². The smallest absolute Gasteiger partial charge is 0.240 e. The van der Waals surface area contributed by atoms with Gasteiger partial charge in [-0.1, -0.05) is 30.3 Å². The maximum Gasteiger partial charge on any atom is 0.240 e. The van der Waals surface area contributed by atoms with Gasteiger partial charge in [-0.3, -0.25) is 0 Å². The molecule has 0 aliphatic carbocycles. The third-order valence-electron chi connectivity index (χ3n) is 2.56. The Labute approximate surface area is 106 Å². The molecule has 2 rings (SSSR count). The van der Waals surface area contributed by atoms with Crippen LogP contribution in [0.3, 0.4) is 0 Å². The molecule has 0 unspecified atom stereocenters. The van der Waals surface area contributed by atoms with Crippen LogP contribution in [0.4, 0.5) is 11.5 Å². The van der Waals surface area contributed by atoms with Crippen LogP contribution in [0.25, 0.3) is 0 Å². The third-order valence-corrected chi connectivity index (χ3v) is 2.56. The summed E-state index contributed by atoms with van der Waals surface area (Å²) in [5, 5.41) is 0. The van der Waals surface area contributed by atoms with Gasteiger partial charge in [-0.2, -0.15) is 4.99 Å². The van der Waals surface area contributed by atoms with Crippen molar-refractivity contribution in [2.45, 2.75) is 6.54 Å². The molecule has 2 aromatic rings. The van der Waals surface area contributed by atoms with Gasteiger partial charge in [0, 0.05) is 25.9 Å². The number of hydrogen-bond donors (Lipinski definition) is 0. The van der Waals surface area contributed by atoms with Crippen molar-refractivity contribution in [1.29, 1.82) is 0 Å². The molecule has 4 heteroatoms. The molecule has 1 aromatic heterocycles. The summed E-state index contributed by atoms with van der Waals surface area (Å²) in [6, 6.07) is 13.5.